The molecule has 0 rings (SSSR count). The van der Waals surface area contributed by atoms with E-state index in [1.807, 2.05) is 21.0 Å². The van der Waals surface area contributed by atoms with Gasteiger partial charge in [0, 0.05) is 19.1 Å². The molecule has 7 heteroatoms. The molecule has 0 aliphatic heterocycles. The summed E-state index contributed by atoms with van der Waals surface area (Å²) >= 11 is 0. The van der Waals surface area contributed by atoms with Crippen molar-refractivity contribution in [1.82, 2.24) is 15.5 Å². The Balaban J connectivity index is 4.67. The zero-order valence-corrected chi connectivity index (χ0v) is 14.4. The number of halogens is 3. The fourth-order valence-corrected chi connectivity index (χ4v) is 2.42. The minimum atomic E-state index is -4.15. The Kier molecular flexibility index (Phi) is 10.2. The number of guanidine groups is 1. The first-order chi connectivity index (χ1) is 10.2. The van der Waals surface area contributed by atoms with Gasteiger partial charge in [0.2, 0.25) is 0 Å². The SMILES string of the molecule is CCNC(=NCC(C(CC)CC)N(C)C)NCCC(F)(F)F. The third-order valence-corrected chi connectivity index (χ3v) is 3.74. The quantitative estimate of drug-likeness (QED) is 0.506. The third kappa shape index (κ3) is 9.12. The molecule has 2 N–H and O–H groups in total. The Hall–Kier alpha value is -0.980. The number of alkyl halides is 3. The average Bonchev–Trinajstić information content (AvgIpc) is 2.41. The minimum absolute atomic E-state index is 0.160. The van der Waals surface area contributed by atoms with Gasteiger partial charge < -0.3 is 15.5 Å². The van der Waals surface area contributed by atoms with Gasteiger partial charge >= 0.3 is 6.18 Å². The lowest BCUT2D eigenvalue weighted by Crippen LogP contribution is -2.42. The van der Waals surface area contributed by atoms with Crippen molar-refractivity contribution in [3.63, 3.8) is 0 Å². The molecule has 0 saturated heterocycles. The first kappa shape index (κ1) is 21.0. The molecular weight excluding hydrogens is 293 g/mol. The largest absolute Gasteiger partial charge is 0.390 e. The zero-order chi connectivity index (χ0) is 17.2. The second-order valence-electron chi connectivity index (χ2n) is 5.62. The van der Waals surface area contributed by atoms with Crippen LogP contribution in [-0.4, -0.2) is 56.8 Å². The minimum Gasteiger partial charge on any atom is -0.357 e. The molecule has 0 aliphatic carbocycles. The smallest absolute Gasteiger partial charge is 0.357 e. The highest BCUT2D eigenvalue weighted by molar-refractivity contribution is 5.79. The fraction of sp³-hybridized carbons (Fsp3) is 0.933. The van der Waals surface area contributed by atoms with Crippen molar-refractivity contribution in [2.24, 2.45) is 10.9 Å². The summed E-state index contributed by atoms with van der Waals surface area (Å²) in [6, 6.07) is 0.285. The van der Waals surface area contributed by atoms with Crippen LogP contribution in [0.1, 0.15) is 40.0 Å². The van der Waals surface area contributed by atoms with Gasteiger partial charge in [-0.05, 0) is 26.9 Å². The maximum atomic E-state index is 12.2. The summed E-state index contributed by atoms with van der Waals surface area (Å²) < 4.78 is 36.6. The molecule has 0 saturated carbocycles. The van der Waals surface area contributed by atoms with Crippen LogP contribution in [-0.2, 0) is 0 Å². The lowest BCUT2D eigenvalue weighted by atomic mass is 9.93. The van der Waals surface area contributed by atoms with Crippen LogP contribution in [0.4, 0.5) is 13.2 Å². The second kappa shape index (κ2) is 10.7. The van der Waals surface area contributed by atoms with Crippen molar-refractivity contribution < 1.29 is 13.2 Å². The Morgan fingerprint density at radius 1 is 1.09 bits per heavy atom. The molecule has 0 aromatic heterocycles. The third-order valence-electron chi connectivity index (χ3n) is 3.74. The highest BCUT2D eigenvalue weighted by atomic mass is 19.4. The molecule has 22 heavy (non-hydrogen) atoms. The van der Waals surface area contributed by atoms with Gasteiger partial charge in [0.15, 0.2) is 5.96 Å². The average molecular weight is 324 g/mol. The molecule has 1 unspecified atom stereocenters. The van der Waals surface area contributed by atoms with E-state index in [1.165, 1.54) is 0 Å². The molecule has 0 radical (unpaired) electrons. The van der Waals surface area contributed by atoms with Crippen LogP contribution < -0.4 is 10.6 Å². The van der Waals surface area contributed by atoms with E-state index in [-0.39, 0.29) is 12.6 Å². The molecule has 4 nitrogen and oxygen atoms in total. The van der Waals surface area contributed by atoms with E-state index in [0.29, 0.717) is 25.0 Å². The van der Waals surface area contributed by atoms with Gasteiger partial charge in [-0.1, -0.05) is 26.7 Å². The molecular formula is C15H31F3N4. The van der Waals surface area contributed by atoms with Crippen LogP contribution in [0.3, 0.4) is 0 Å². The van der Waals surface area contributed by atoms with Crippen molar-refractivity contribution >= 4 is 5.96 Å². The number of hydrogen-bond donors (Lipinski definition) is 2. The molecule has 0 spiro atoms. The predicted octanol–water partition coefficient (Wildman–Crippen LogP) is 2.86. The topological polar surface area (TPSA) is 39.7 Å². The van der Waals surface area contributed by atoms with E-state index < -0.39 is 12.6 Å². The van der Waals surface area contributed by atoms with Gasteiger partial charge in [0.1, 0.15) is 0 Å². The number of aliphatic imine (C=N–C) groups is 1. The maximum absolute atomic E-state index is 12.2. The highest BCUT2D eigenvalue weighted by Crippen LogP contribution is 2.18. The zero-order valence-electron chi connectivity index (χ0n) is 14.4. The van der Waals surface area contributed by atoms with Crippen molar-refractivity contribution in [2.45, 2.75) is 52.3 Å². The molecule has 0 fully saturated rings. The summed E-state index contributed by atoms with van der Waals surface area (Å²) in [7, 11) is 4.03. The lowest BCUT2D eigenvalue weighted by molar-refractivity contribution is -0.132. The first-order valence-corrected chi connectivity index (χ1v) is 8.00. The second-order valence-corrected chi connectivity index (χ2v) is 5.62. The van der Waals surface area contributed by atoms with Crippen LogP contribution in [0.25, 0.3) is 0 Å². The summed E-state index contributed by atoms with van der Waals surface area (Å²) in [5, 5.41) is 5.74. The number of nitrogens with one attached hydrogen (secondary N) is 2. The number of nitrogens with zero attached hydrogens (tertiary/aromatic N) is 2. The van der Waals surface area contributed by atoms with Crippen LogP contribution in [0.2, 0.25) is 0 Å². The Bertz CT molecular complexity index is 312. The summed E-state index contributed by atoms with van der Waals surface area (Å²) in [5.74, 6) is 0.973. The fourth-order valence-electron chi connectivity index (χ4n) is 2.42. The molecule has 0 aromatic rings. The Morgan fingerprint density at radius 3 is 2.09 bits per heavy atom. The van der Waals surface area contributed by atoms with E-state index in [9.17, 15) is 13.2 Å². The summed E-state index contributed by atoms with van der Waals surface area (Å²) in [6.07, 6.45) is -2.88. The molecule has 132 valence electrons. The van der Waals surface area contributed by atoms with E-state index in [0.717, 1.165) is 12.8 Å². The Labute approximate surface area is 132 Å². The standard InChI is InChI=1S/C15H31F3N4/c1-6-12(7-2)13(22(4)5)11-21-14(19-8-3)20-10-9-15(16,17)18/h12-13H,6-11H2,1-5H3,(H2,19,20,21). The van der Waals surface area contributed by atoms with Gasteiger partial charge in [-0.25, -0.2) is 0 Å². The van der Waals surface area contributed by atoms with E-state index in [1.54, 1.807) is 0 Å². The van der Waals surface area contributed by atoms with E-state index in [4.69, 9.17) is 0 Å². The van der Waals surface area contributed by atoms with E-state index in [2.05, 4.69) is 34.4 Å². The molecule has 1 atom stereocenters. The Morgan fingerprint density at radius 2 is 1.68 bits per heavy atom. The van der Waals surface area contributed by atoms with Crippen molar-refractivity contribution in [3.05, 3.63) is 0 Å². The van der Waals surface area contributed by atoms with Crippen molar-refractivity contribution in [1.29, 1.82) is 0 Å². The van der Waals surface area contributed by atoms with Crippen molar-refractivity contribution in [3.8, 4) is 0 Å². The first-order valence-electron chi connectivity index (χ1n) is 8.00. The summed E-state index contributed by atoms with van der Waals surface area (Å²) in [4.78, 5) is 6.60. The van der Waals surface area contributed by atoms with Gasteiger partial charge in [-0.2, -0.15) is 13.2 Å². The van der Waals surface area contributed by atoms with Crippen LogP contribution >= 0.6 is 0 Å². The number of hydrogen-bond acceptors (Lipinski definition) is 2. The molecule has 0 aromatic carbocycles. The van der Waals surface area contributed by atoms with Crippen LogP contribution in [0, 0.1) is 5.92 Å². The molecule has 0 amide bonds. The van der Waals surface area contributed by atoms with Crippen LogP contribution in [0.15, 0.2) is 4.99 Å². The molecule has 0 bridgehead atoms. The molecule has 0 heterocycles. The van der Waals surface area contributed by atoms with Gasteiger partial charge in [-0.15, -0.1) is 0 Å². The van der Waals surface area contributed by atoms with Crippen molar-refractivity contribution in [2.75, 3.05) is 33.7 Å². The normalized spacial score (nSPS) is 14.5. The monoisotopic (exact) mass is 324 g/mol. The predicted molar refractivity (Wildman–Crippen MR) is 86.2 cm³/mol. The summed E-state index contributed by atoms with van der Waals surface area (Å²) in [5.41, 5.74) is 0. The molecule has 0 aliphatic rings. The number of rotatable bonds is 9. The van der Waals surface area contributed by atoms with Crippen LogP contribution in [0.5, 0.6) is 0 Å². The van der Waals surface area contributed by atoms with Gasteiger partial charge in [-0.3, -0.25) is 4.99 Å². The maximum Gasteiger partial charge on any atom is 0.390 e. The lowest BCUT2D eigenvalue weighted by Gasteiger charge is -2.30. The number of likely N-dealkylation sites (N-methyl/N-ethyl adjacent to an activating group) is 1. The highest BCUT2D eigenvalue weighted by Gasteiger charge is 2.26. The van der Waals surface area contributed by atoms with E-state index >= 15 is 0 Å². The van der Waals surface area contributed by atoms with Gasteiger partial charge in [0.25, 0.3) is 0 Å². The summed E-state index contributed by atoms with van der Waals surface area (Å²) in [6.45, 7) is 7.23. The van der Waals surface area contributed by atoms with Gasteiger partial charge in [0.05, 0.1) is 13.0 Å².